The van der Waals surface area contributed by atoms with Crippen LogP contribution in [0, 0.1) is 22.7 Å². The van der Waals surface area contributed by atoms with Crippen molar-refractivity contribution >= 4 is 21.7 Å². The normalized spacial score (nSPS) is 31.1. The van der Waals surface area contributed by atoms with Crippen LogP contribution in [-0.2, 0) is 21.4 Å². The van der Waals surface area contributed by atoms with Crippen molar-refractivity contribution in [1.82, 2.24) is 0 Å². The van der Waals surface area contributed by atoms with Gasteiger partial charge in [0.2, 0.25) is 0 Å². The molecule has 4 atom stereocenters. The van der Waals surface area contributed by atoms with Gasteiger partial charge >= 0.3 is 0 Å². The van der Waals surface area contributed by atoms with Crippen molar-refractivity contribution in [3.8, 4) is 22.9 Å². The van der Waals surface area contributed by atoms with Crippen LogP contribution in [0.4, 0.5) is 0 Å². The Morgan fingerprint density at radius 1 is 1.18 bits per heavy atom. The monoisotopic (exact) mass is 451 g/mol. The second kappa shape index (κ2) is 7.81. The highest BCUT2D eigenvalue weighted by atomic mass is 16.5. The van der Waals surface area contributed by atoms with Crippen molar-refractivity contribution in [3.63, 3.8) is 0 Å². The standard InChI is InChI=1S/C26H27B2N3O3/c1-15-12-24(7-6-22(15)33-3)13-18-5-4-17(19-8-16(14-29)9-20(10-19)32-2)11-21(18)25(24)26(27,28)34-23(30)31-25/h4-5,8-11,15,22H,6-7,12-13H2,1-3H3,(H2,30,31)/t15-,22-,24-,25-/m0/s1. The summed E-state index contributed by atoms with van der Waals surface area (Å²) in [7, 11) is 16.7. The average molecular weight is 451 g/mol. The van der Waals surface area contributed by atoms with E-state index in [2.05, 4.69) is 31.2 Å². The van der Waals surface area contributed by atoms with E-state index in [1.165, 1.54) is 0 Å². The quantitative estimate of drug-likeness (QED) is 0.725. The third-order valence-corrected chi connectivity index (χ3v) is 8.08. The van der Waals surface area contributed by atoms with E-state index in [1.807, 2.05) is 12.1 Å². The molecule has 4 radical (unpaired) electrons. The summed E-state index contributed by atoms with van der Waals surface area (Å²) in [6.07, 6.45) is 3.52. The van der Waals surface area contributed by atoms with Crippen molar-refractivity contribution in [2.75, 3.05) is 14.2 Å². The third-order valence-electron chi connectivity index (χ3n) is 8.08. The van der Waals surface area contributed by atoms with E-state index in [0.717, 1.165) is 47.9 Å². The molecule has 0 aromatic heterocycles. The number of fused-ring (bicyclic) bond motifs is 3. The molecule has 0 bridgehead atoms. The molecule has 0 unspecified atom stereocenters. The number of hydrogen-bond donors (Lipinski definition) is 1. The third kappa shape index (κ3) is 3.10. The maximum atomic E-state index is 9.48. The first-order valence-corrected chi connectivity index (χ1v) is 11.6. The minimum atomic E-state index is -1.59. The Labute approximate surface area is 203 Å². The van der Waals surface area contributed by atoms with E-state index in [9.17, 15) is 5.26 Å². The fraction of sp³-hybridized carbons (Fsp3) is 0.462. The summed E-state index contributed by atoms with van der Waals surface area (Å²) in [6.45, 7) is 2.20. The predicted molar refractivity (Wildman–Crippen MR) is 132 cm³/mol. The van der Waals surface area contributed by atoms with Crippen LogP contribution in [0.1, 0.15) is 42.9 Å². The number of ether oxygens (including phenoxy) is 3. The lowest BCUT2D eigenvalue weighted by Crippen LogP contribution is -2.60. The Kier molecular flexibility index (Phi) is 5.25. The fourth-order valence-corrected chi connectivity index (χ4v) is 6.69. The Bertz CT molecular complexity index is 1220. The number of aliphatic imine (C=N–C) groups is 1. The number of methoxy groups -OCH3 is 2. The van der Waals surface area contributed by atoms with Crippen LogP contribution in [0.3, 0.4) is 0 Å². The molecule has 3 aliphatic rings. The van der Waals surface area contributed by atoms with Crippen LogP contribution in [-0.4, -0.2) is 47.4 Å². The highest BCUT2D eigenvalue weighted by Gasteiger charge is 2.68. The van der Waals surface area contributed by atoms with Crippen LogP contribution in [0.5, 0.6) is 5.75 Å². The Hall–Kier alpha value is -2.91. The van der Waals surface area contributed by atoms with Gasteiger partial charge in [-0.15, -0.1) is 0 Å². The van der Waals surface area contributed by atoms with Gasteiger partial charge in [-0.05, 0) is 78.1 Å². The van der Waals surface area contributed by atoms with Crippen LogP contribution in [0.2, 0.25) is 0 Å². The topological polar surface area (TPSA) is 89.9 Å². The average Bonchev–Trinajstić information content (AvgIpc) is 3.22. The fourth-order valence-electron chi connectivity index (χ4n) is 6.69. The van der Waals surface area contributed by atoms with Crippen molar-refractivity contribution in [2.24, 2.45) is 22.1 Å². The van der Waals surface area contributed by atoms with Gasteiger partial charge in [-0.1, -0.05) is 19.1 Å². The summed E-state index contributed by atoms with van der Waals surface area (Å²) >= 11 is 0. The van der Waals surface area contributed by atoms with Gasteiger partial charge in [0.25, 0.3) is 6.02 Å². The van der Waals surface area contributed by atoms with Gasteiger partial charge in [0, 0.05) is 12.5 Å². The van der Waals surface area contributed by atoms with Crippen molar-refractivity contribution in [3.05, 3.63) is 53.1 Å². The minimum Gasteiger partial charge on any atom is -0.497 e. The zero-order chi connectivity index (χ0) is 24.3. The molecule has 0 saturated heterocycles. The Morgan fingerprint density at radius 2 is 1.97 bits per heavy atom. The molecule has 0 amide bonds. The molecule has 2 aromatic carbocycles. The summed E-state index contributed by atoms with van der Waals surface area (Å²) in [4.78, 5) is 4.88. The lowest BCUT2D eigenvalue weighted by atomic mass is 9.44. The van der Waals surface area contributed by atoms with Gasteiger partial charge in [0.15, 0.2) is 0 Å². The minimum absolute atomic E-state index is 0.0114. The Morgan fingerprint density at radius 3 is 2.59 bits per heavy atom. The number of hydrogen-bond acceptors (Lipinski definition) is 6. The summed E-state index contributed by atoms with van der Waals surface area (Å²) in [5, 5.41) is 7.89. The maximum absolute atomic E-state index is 9.48. The van der Waals surface area contributed by atoms with Gasteiger partial charge in [-0.3, -0.25) is 0 Å². The highest BCUT2D eigenvalue weighted by molar-refractivity contribution is 6.41. The largest absolute Gasteiger partial charge is 0.497 e. The van der Waals surface area contributed by atoms with Crippen LogP contribution in [0.15, 0.2) is 41.4 Å². The SMILES string of the molecule is [B]C1([B])OC(N)=N[C@]12c1cc(-c3cc(C#N)cc(OC)c3)ccc1C[C@@]21CC[C@H](OC)[C@@H](C)C1. The van der Waals surface area contributed by atoms with E-state index in [0.29, 0.717) is 17.2 Å². The molecule has 1 fully saturated rings. The second-order valence-corrected chi connectivity index (χ2v) is 9.94. The van der Waals surface area contributed by atoms with Gasteiger partial charge in [0.1, 0.15) is 27.0 Å². The van der Waals surface area contributed by atoms with Gasteiger partial charge in [0.05, 0.1) is 30.2 Å². The van der Waals surface area contributed by atoms with Crippen molar-refractivity contribution < 1.29 is 14.2 Å². The van der Waals surface area contributed by atoms with Crippen LogP contribution < -0.4 is 10.5 Å². The number of amidine groups is 1. The Balaban J connectivity index is 1.69. The number of nitrogens with two attached hydrogens (primary N) is 1. The van der Waals surface area contributed by atoms with E-state index >= 15 is 0 Å². The molecule has 5 rings (SSSR count). The van der Waals surface area contributed by atoms with Crippen molar-refractivity contribution in [1.29, 1.82) is 5.26 Å². The van der Waals surface area contributed by atoms with Crippen LogP contribution in [0.25, 0.3) is 11.1 Å². The van der Waals surface area contributed by atoms with Gasteiger partial charge in [-0.2, -0.15) is 5.26 Å². The summed E-state index contributed by atoms with van der Waals surface area (Å²) < 4.78 is 16.9. The molecule has 2 spiro atoms. The van der Waals surface area contributed by atoms with E-state index in [4.69, 9.17) is 40.6 Å². The van der Waals surface area contributed by atoms with E-state index in [1.54, 1.807) is 20.3 Å². The summed E-state index contributed by atoms with van der Waals surface area (Å²) in [5.74, 6) is 0.916. The molecule has 1 heterocycles. The lowest BCUT2D eigenvalue weighted by molar-refractivity contribution is -0.0559. The molecule has 1 saturated carbocycles. The van der Waals surface area contributed by atoms with E-state index < -0.39 is 10.9 Å². The molecule has 170 valence electrons. The molecule has 2 aliphatic carbocycles. The van der Waals surface area contributed by atoms with Gasteiger partial charge in [-0.25, -0.2) is 4.99 Å². The van der Waals surface area contributed by atoms with Crippen LogP contribution >= 0.6 is 0 Å². The zero-order valence-corrected chi connectivity index (χ0v) is 19.8. The molecule has 2 aromatic rings. The number of rotatable bonds is 3. The van der Waals surface area contributed by atoms with E-state index in [-0.39, 0.29) is 17.5 Å². The predicted octanol–water partition coefficient (Wildman–Crippen LogP) is 3.14. The lowest BCUT2D eigenvalue weighted by Gasteiger charge is -2.53. The summed E-state index contributed by atoms with van der Waals surface area (Å²) in [6, 6.07) is 13.9. The molecule has 2 N–H and O–H groups in total. The zero-order valence-electron chi connectivity index (χ0n) is 19.8. The second-order valence-electron chi connectivity index (χ2n) is 9.94. The molecule has 6 nitrogen and oxygen atoms in total. The molecular formula is C26H27B2N3O3. The maximum Gasteiger partial charge on any atom is 0.281 e. The number of nitrogens with zero attached hydrogens (tertiary/aromatic N) is 2. The first-order chi connectivity index (χ1) is 16.2. The highest BCUT2D eigenvalue weighted by Crippen LogP contribution is 2.65. The first kappa shape index (κ1) is 22.9. The molecule has 8 heteroatoms. The first-order valence-electron chi connectivity index (χ1n) is 11.6. The van der Waals surface area contributed by atoms with Crippen molar-refractivity contribution in [2.45, 2.75) is 49.6 Å². The summed E-state index contributed by atoms with van der Waals surface area (Å²) in [5.41, 5.74) is 9.11. The number of benzene rings is 2. The molecule has 34 heavy (non-hydrogen) atoms. The molecular weight excluding hydrogens is 424 g/mol. The number of nitriles is 1. The smallest absolute Gasteiger partial charge is 0.281 e. The van der Waals surface area contributed by atoms with Gasteiger partial charge < -0.3 is 19.9 Å². The molecule has 1 aliphatic heterocycles.